The summed E-state index contributed by atoms with van der Waals surface area (Å²) >= 11 is 0. The summed E-state index contributed by atoms with van der Waals surface area (Å²) in [7, 11) is 1.64. The van der Waals surface area contributed by atoms with Gasteiger partial charge in [0.2, 0.25) is 6.79 Å². The fourth-order valence-corrected chi connectivity index (χ4v) is 2.86. The van der Waals surface area contributed by atoms with Gasteiger partial charge in [-0.2, -0.15) is 0 Å². The van der Waals surface area contributed by atoms with Crippen LogP contribution in [0.3, 0.4) is 0 Å². The van der Waals surface area contributed by atoms with E-state index in [1.54, 1.807) is 13.2 Å². The topological polar surface area (TPSA) is 56.8 Å². The number of ketones is 1. The molecule has 0 fully saturated rings. The van der Waals surface area contributed by atoms with Crippen LogP contribution in [-0.2, 0) is 0 Å². The van der Waals surface area contributed by atoms with Gasteiger partial charge in [0.15, 0.2) is 17.3 Å². The van der Waals surface area contributed by atoms with E-state index >= 15 is 0 Å². The van der Waals surface area contributed by atoms with Crippen molar-refractivity contribution < 1.29 is 19.0 Å². The van der Waals surface area contributed by atoms with Gasteiger partial charge in [-0.25, -0.2) is 0 Å². The molecule has 2 aromatic carbocycles. The highest BCUT2D eigenvalue weighted by Crippen LogP contribution is 2.41. The van der Waals surface area contributed by atoms with Crippen LogP contribution in [0.2, 0.25) is 0 Å². The van der Waals surface area contributed by atoms with Crippen LogP contribution in [0.15, 0.2) is 36.4 Å². The van der Waals surface area contributed by atoms with Gasteiger partial charge in [0.25, 0.3) is 0 Å². The Balaban J connectivity index is 1.67. The minimum atomic E-state index is -0.0497. The lowest BCUT2D eigenvalue weighted by Gasteiger charge is -2.26. The van der Waals surface area contributed by atoms with Gasteiger partial charge in [-0.1, -0.05) is 12.1 Å². The van der Waals surface area contributed by atoms with Gasteiger partial charge >= 0.3 is 0 Å². The summed E-state index contributed by atoms with van der Waals surface area (Å²) in [4.78, 5) is 12.4. The molecule has 0 aromatic heterocycles. The van der Waals surface area contributed by atoms with E-state index < -0.39 is 0 Å². The average Bonchev–Trinajstić information content (AvgIpc) is 3.00. The Bertz CT molecular complexity index is 739. The Labute approximate surface area is 127 Å². The van der Waals surface area contributed by atoms with Crippen molar-refractivity contribution in [2.45, 2.75) is 12.5 Å². The van der Waals surface area contributed by atoms with E-state index in [1.165, 1.54) is 0 Å². The minimum absolute atomic E-state index is 0.0497. The van der Waals surface area contributed by atoms with Gasteiger partial charge in [-0.3, -0.25) is 4.79 Å². The summed E-state index contributed by atoms with van der Waals surface area (Å²) in [5.74, 6) is 2.22. The second kappa shape index (κ2) is 4.94. The van der Waals surface area contributed by atoms with Crippen LogP contribution in [-0.4, -0.2) is 19.7 Å². The highest BCUT2D eigenvalue weighted by Gasteiger charge is 2.28. The molecule has 5 nitrogen and oxygen atoms in total. The maximum Gasteiger partial charge on any atom is 0.231 e. The molecular formula is C17H15NO4. The third kappa shape index (κ3) is 2.06. The zero-order valence-electron chi connectivity index (χ0n) is 12.1. The van der Waals surface area contributed by atoms with E-state index in [9.17, 15) is 4.79 Å². The number of hydrogen-bond acceptors (Lipinski definition) is 5. The summed E-state index contributed by atoms with van der Waals surface area (Å²) in [6, 6.07) is 11.3. The molecule has 2 aliphatic heterocycles. The average molecular weight is 297 g/mol. The number of benzene rings is 2. The van der Waals surface area contributed by atoms with Gasteiger partial charge in [-0.15, -0.1) is 0 Å². The molecule has 0 aliphatic carbocycles. The fourth-order valence-electron chi connectivity index (χ4n) is 2.86. The largest absolute Gasteiger partial charge is 0.497 e. The molecular weight excluding hydrogens is 282 g/mol. The molecule has 5 heteroatoms. The second-order valence-corrected chi connectivity index (χ2v) is 5.35. The lowest BCUT2D eigenvalue weighted by atomic mass is 9.92. The predicted molar refractivity (Wildman–Crippen MR) is 80.9 cm³/mol. The third-order valence-electron chi connectivity index (χ3n) is 4.05. The highest BCUT2D eigenvalue weighted by molar-refractivity contribution is 6.04. The number of anilines is 1. The lowest BCUT2D eigenvalue weighted by Crippen LogP contribution is -2.22. The monoisotopic (exact) mass is 297 g/mol. The Morgan fingerprint density at radius 1 is 1.14 bits per heavy atom. The van der Waals surface area contributed by atoms with Crippen LogP contribution in [0.1, 0.15) is 28.4 Å². The van der Waals surface area contributed by atoms with Crippen LogP contribution in [0, 0.1) is 0 Å². The van der Waals surface area contributed by atoms with E-state index in [2.05, 4.69) is 5.32 Å². The van der Waals surface area contributed by atoms with Crippen molar-refractivity contribution in [1.29, 1.82) is 0 Å². The predicted octanol–water partition coefficient (Wildman–Crippen LogP) is 3.16. The maximum absolute atomic E-state index is 12.4. The van der Waals surface area contributed by atoms with Gasteiger partial charge in [-0.05, 0) is 23.8 Å². The summed E-state index contributed by atoms with van der Waals surface area (Å²) in [6.45, 7) is 0.203. The van der Waals surface area contributed by atoms with Gasteiger partial charge in [0.05, 0.1) is 13.2 Å². The normalized spacial score (nSPS) is 18.6. The van der Waals surface area contributed by atoms with E-state index in [0.717, 1.165) is 17.0 Å². The molecule has 0 bridgehead atoms. The van der Waals surface area contributed by atoms with Crippen LogP contribution in [0.5, 0.6) is 17.2 Å². The molecule has 0 saturated heterocycles. The number of carbonyl (C=O) groups excluding carboxylic acids is 1. The fraction of sp³-hybridized carbons (Fsp3) is 0.235. The van der Waals surface area contributed by atoms with E-state index in [-0.39, 0.29) is 18.6 Å². The standard InChI is InChI=1S/C17H15NO4/c1-20-11-4-2-10(3-5-11)13-7-15(19)12-6-16-17(22-9-21-16)8-14(12)18-13/h2-6,8,13,18H,7,9H2,1H3. The number of hydrogen-bond donors (Lipinski definition) is 1. The number of methoxy groups -OCH3 is 1. The Morgan fingerprint density at radius 3 is 2.59 bits per heavy atom. The van der Waals surface area contributed by atoms with Crippen molar-refractivity contribution in [3.8, 4) is 17.2 Å². The first-order valence-corrected chi connectivity index (χ1v) is 7.12. The highest BCUT2D eigenvalue weighted by atomic mass is 16.7. The molecule has 1 N–H and O–H groups in total. The van der Waals surface area contributed by atoms with Gasteiger partial charge in [0, 0.05) is 23.7 Å². The first kappa shape index (κ1) is 13.0. The van der Waals surface area contributed by atoms with Crippen molar-refractivity contribution in [3.63, 3.8) is 0 Å². The Morgan fingerprint density at radius 2 is 1.86 bits per heavy atom. The molecule has 0 saturated carbocycles. The molecule has 4 rings (SSSR count). The van der Waals surface area contributed by atoms with E-state index in [0.29, 0.717) is 23.5 Å². The van der Waals surface area contributed by atoms with Crippen LogP contribution in [0.4, 0.5) is 5.69 Å². The minimum Gasteiger partial charge on any atom is -0.497 e. The van der Waals surface area contributed by atoms with Crippen molar-refractivity contribution in [2.24, 2.45) is 0 Å². The van der Waals surface area contributed by atoms with Crippen molar-refractivity contribution in [3.05, 3.63) is 47.5 Å². The third-order valence-corrected chi connectivity index (χ3v) is 4.05. The number of nitrogens with one attached hydrogen (secondary N) is 1. The van der Waals surface area contributed by atoms with Gasteiger partial charge in [0.1, 0.15) is 5.75 Å². The maximum atomic E-state index is 12.4. The molecule has 0 amide bonds. The van der Waals surface area contributed by atoms with Crippen molar-refractivity contribution in [2.75, 3.05) is 19.2 Å². The van der Waals surface area contributed by atoms with Gasteiger partial charge < -0.3 is 19.5 Å². The summed E-state index contributed by atoms with van der Waals surface area (Å²) in [5.41, 5.74) is 2.51. The SMILES string of the molecule is COc1ccc(C2CC(=O)c3cc4c(cc3N2)OCO4)cc1. The molecule has 0 radical (unpaired) electrons. The van der Waals surface area contributed by atoms with E-state index in [4.69, 9.17) is 14.2 Å². The Hall–Kier alpha value is -2.69. The molecule has 2 heterocycles. The zero-order valence-corrected chi connectivity index (χ0v) is 12.1. The number of carbonyl (C=O) groups is 1. The van der Waals surface area contributed by atoms with Crippen molar-refractivity contribution in [1.82, 2.24) is 0 Å². The quantitative estimate of drug-likeness (QED) is 0.922. The lowest BCUT2D eigenvalue weighted by molar-refractivity contribution is 0.0972. The molecule has 1 atom stereocenters. The summed E-state index contributed by atoms with van der Waals surface area (Å²) < 4.78 is 15.9. The number of ether oxygens (including phenoxy) is 3. The number of rotatable bonds is 2. The summed E-state index contributed by atoms with van der Waals surface area (Å²) in [6.07, 6.45) is 0.416. The molecule has 1 unspecified atom stereocenters. The molecule has 2 aliphatic rings. The summed E-state index contributed by atoms with van der Waals surface area (Å²) in [5, 5.41) is 3.41. The number of Topliss-reactive ketones (excluding diaryl/α,β-unsaturated/α-hetero) is 1. The first-order valence-electron chi connectivity index (χ1n) is 7.12. The molecule has 0 spiro atoms. The van der Waals surface area contributed by atoms with Crippen LogP contribution < -0.4 is 19.5 Å². The Kier molecular flexibility index (Phi) is 2.92. The van der Waals surface area contributed by atoms with E-state index in [1.807, 2.05) is 30.3 Å². The van der Waals surface area contributed by atoms with Crippen LogP contribution >= 0.6 is 0 Å². The number of fused-ring (bicyclic) bond motifs is 2. The zero-order chi connectivity index (χ0) is 15.1. The molecule has 2 aromatic rings. The van der Waals surface area contributed by atoms with Crippen molar-refractivity contribution >= 4 is 11.5 Å². The first-order chi connectivity index (χ1) is 10.7. The smallest absolute Gasteiger partial charge is 0.231 e. The second-order valence-electron chi connectivity index (χ2n) is 5.35. The molecule has 22 heavy (non-hydrogen) atoms. The van der Waals surface area contributed by atoms with Crippen LogP contribution in [0.25, 0.3) is 0 Å². The molecule has 112 valence electrons.